The number of rotatable bonds is 2. The van der Waals surface area contributed by atoms with Gasteiger partial charge in [0.2, 0.25) is 0 Å². The minimum absolute atomic E-state index is 0.598. The molecule has 1 aromatic rings. The third kappa shape index (κ3) is 2.45. The molecule has 2 rings (SSSR count). The summed E-state index contributed by atoms with van der Waals surface area (Å²) in [5, 5.41) is 3.46. The van der Waals surface area contributed by atoms with E-state index in [1.165, 1.54) is 25.9 Å². The van der Waals surface area contributed by atoms with Crippen LogP contribution in [0, 0.1) is 0 Å². The van der Waals surface area contributed by atoms with Gasteiger partial charge < -0.3 is 10.2 Å². The van der Waals surface area contributed by atoms with Crippen molar-refractivity contribution in [3.63, 3.8) is 0 Å². The molecule has 0 atom stereocenters. The number of hydrogen-bond acceptors (Lipinski definition) is 3. The summed E-state index contributed by atoms with van der Waals surface area (Å²) in [6, 6.07) is 6.59. The first-order valence-electron chi connectivity index (χ1n) is 5.21. The Labute approximate surface area is 85.1 Å². The minimum atomic E-state index is 0.598. The van der Waals surface area contributed by atoms with Crippen LogP contribution in [0.4, 0.5) is 5.82 Å². The number of aromatic nitrogens is 1. The van der Waals surface area contributed by atoms with E-state index in [2.05, 4.69) is 22.2 Å². The molecule has 3 nitrogen and oxygen atoms in total. The summed E-state index contributed by atoms with van der Waals surface area (Å²) in [4.78, 5) is 6.64. The summed E-state index contributed by atoms with van der Waals surface area (Å²) < 4.78 is 0. The van der Waals surface area contributed by atoms with E-state index >= 15 is 0 Å². The number of hydrogen-bond donors (Lipinski definition) is 1. The Kier molecular flexibility index (Phi) is 2.99. The molecule has 1 aromatic heterocycles. The van der Waals surface area contributed by atoms with Crippen molar-refractivity contribution >= 4 is 5.82 Å². The van der Waals surface area contributed by atoms with Crippen LogP contribution in [0.2, 0.25) is 0 Å². The smallest absolute Gasteiger partial charge is 0.126 e. The Balaban J connectivity index is 1.87. The lowest BCUT2D eigenvalue weighted by molar-refractivity contribution is 0.263. The van der Waals surface area contributed by atoms with Gasteiger partial charge in [-0.1, -0.05) is 6.07 Å². The standard InChI is InChI=1S/C11H17N3/c1-14-8-5-10(6-9-14)13-11-4-2-3-7-12-11/h2-4,7,10H,5-6,8-9H2,1H3,(H,12,13). The molecule has 1 fully saturated rings. The highest BCUT2D eigenvalue weighted by Crippen LogP contribution is 2.13. The molecule has 1 saturated heterocycles. The van der Waals surface area contributed by atoms with Crippen molar-refractivity contribution in [2.75, 3.05) is 25.5 Å². The van der Waals surface area contributed by atoms with Crippen molar-refractivity contribution in [3.8, 4) is 0 Å². The summed E-state index contributed by atoms with van der Waals surface area (Å²) >= 11 is 0. The van der Waals surface area contributed by atoms with Gasteiger partial charge in [0.05, 0.1) is 0 Å². The summed E-state index contributed by atoms with van der Waals surface area (Å²) in [6.07, 6.45) is 4.26. The van der Waals surface area contributed by atoms with Gasteiger partial charge in [-0.2, -0.15) is 0 Å². The normalized spacial score (nSPS) is 19.5. The molecule has 1 N–H and O–H groups in total. The lowest BCUT2D eigenvalue weighted by Gasteiger charge is -2.29. The van der Waals surface area contributed by atoms with Crippen molar-refractivity contribution in [1.29, 1.82) is 0 Å². The van der Waals surface area contributed by atoms with Crippen LogP contribution in [0.15, 0.2) is 24.4 Å². The van der Waals surface area contributed by atoms with E-state index in [9.17, 15) is 0 Å². The fourth-order valence-corrected chi connectivity index (χ4v) is 1.81. The Morgan fingerprint density at radius 1 is 1.36 bits per heavy atom. The largest absolute Gasteiger partial charge is 0.367 e. The highest BCUT2D eigenvalue weighted by atomic mass is 15.1. The predicted octanol–water partition coefficient (Wildman–Crippen LogP) is 1.59. The Bertz CT molecular complexity index is 265. The molecule has 0 saturated carbocycles. The molecule has 2 heterocycles. The van der Waals surface area contributed by atoms with Gasteiger partial charge in [0, 0.05) is 12.2 Å². The molecule has 0 amide bonds. The highest BCUT2D eigenvalue weighted by Gasteiger charge is 2.16. The van der Waals surface area contributed by atoms with Crippen molar-refractivity contribution < 1.29 is 0 Å². The number of piperidine rings is 1. The van der Waals surface area contributed by atoms with Crippen LogP contribution in [0.25, 0.3) is 0 Å². The molecule has 3 heteroatoms. The van der Waals surface area contributed by atoms with E-state index < -0.39 is 0 Å². The van der Waals surface area contributed by atoms with Crippen molar-refractivity contribution in [3.05, 3.63) is 24.4 Å². The average molecular weight is 191 g/mol. The maximum atomic E-state index is 4.27. The van der Waals surface area contributed by atoms with E-state index in [-0.39, 0.29) is 0 Å². The maximum Gasteiger partial charge on any atom is 0.126 e. The lowest BCUT2D eigenvalue weighted by Crippen LogP contribution is -2.36. The number of nitrogens with one attached hydrogen (secondary N) is 1. The van der Waals surface area contributed by atoms with Gasteiger partial charge in [0.1, 0.15) is 5.82 Å². The van der Waals surface area contributed by atoms with Gasteiger partial charge in [-0.3, -0.25) is 0 Å². The van der Waals surface area contributed by atoms with Crippen LogP contribution < -0.4 is 5.32 Å². The van der Waals surface area contributed by atoms with Gasteiger partial charge in [-0.25, -0.2) is 4.98 Å². The fraction of sp³-hybridized carbons (Fsp3) is 0.545. The minimum Gasteiger partial charge on any atom is -0.367 e. The highest BCUT2D eigenvalue weighted by molar-refractivity contribution is 5.34. The van der Waals surface area contributed by atoms with Crippen LogP contribution in [0.1, 0.15) is 12.8 Å². The summed E-state index contributed by atoms with van der Waals surface area (Å²) in [7, 11) is 2.18. The summed E-state index contributed by atoms with van der Waals surface area (Å²) in [5.41, 5.74) is 0. The zero-order valence-corrected chi connectivity index (χ0v) is 8.61. The van der Waals surface area contributed by atoms with Gasteiger partial charge in [-0.05, 0) is 45.1 Å². The molecular formula is C11H17N3. The Hall–Kier alpha value is -1.09. The van der Waals surface area contributed by atoms with Crippen LogP contribution in [-0.2, 0) is 0 Å². The SMILES string of the molecule is CN1CCC(Nc2ccccn2)CC1. The van der Waals surface area contributed by atoms with E-state index in [4.69, 9.17) is 0 Å². The second-order valence-corrected chi connectivity index (χ2v) is 3.94. The van der Waals surface area contributed by atoms with Gasteiger partial charge in [-0.15, -0.1) is 0 Å². The van der Waals surface area contributed by atoms with Crippen LogP contribution in [0.3, 0.4) is 0 Å². The van der Waals surface area contributed by atoms with E-state index in [1.54, 1.807) is 0 Å². The first-order valence-corrected chi connectivity index (χ1v) is 5.21. The molecule has 1 aliphatic heterocycles. The zero-order valence-electron chi connectivity index (χ0n) is 8.61. The molecule has 0 spiro atoms. The van der Waals surface area contributed by atoms with Gasteiger partial charge in [0.15, 0.2) is 0 Å². The third-order valence-corrected chi connectivity index (χ3v) is 2.74. The lowest BCUT2D eigenvalue weighted by atomic mass is 10.1. The molecule has 14 heavy (non-hydrogen) atoms. The maximum absolute atomic E-state index is 4.27. The monoisotopic (exact) mass is 191 g/mol. The summed E-state index contributed by atoms with van der Waals surface area (Å²) in [5.74, 6) is 1.00. The fourth-order valence-electron chi connectivity index (χ4n) is 1.81. The van der Waals surface area contributed by atoms with Gasteiger partial charge in [0.25, 0.3) is 0 Å². The van der Waals surface area contributed by atoms with Crippen molar-refractivity contribution in [1.82, 2.24) is 9.88 Å². The van der Waals surface area contributed by atoms with E-state index in [0.717, 1.165) is 5.82 Å². The first-order chi connectivity index (χ1) is 6.84. The third-order valence-electron chi connectivity index (χ3n) is 2.74. The van der Waals surface area contributed by atoms with Gasteiger partial charge >= 0.3 is 0 Å². The molecular weight excluding hydrogens is 174 g/mol. The molecule has 0 aliphatic carbocycles. The van der Waals surface area contributed by atoms with Crippen molar-refractivity contribution in [2.45, 2.75) is 18.9 Å². The predicted molar refractivity (Wildman–Crippen MR) is 58.4 cm³/mol. The molecule has 1 aliphatic rings. The molecule has 76 valence electrons. The molecule has 0 unspecified atom stereocenters. The number of nitrogens with zero attached hydrogens (tertiary/aromatic N) is 2. The molecule has 0 bridgehead atoms. The molecule has 0 radical (unpaired) electrons. The topological polar surface area (TPSA) is 28.2 Å². The summed E-state index contributed by atoms with van der Waals surface area (Å²) in [6.45, 7) is 2.37. The Morgan fingerprint density at radius 2 is 2.14 bits per heavy atom. The number of anilines is 1. The average Bonchev–Trinajstić information content (AvgIpc) is 2.23. The van der Waals surface area contributed by atoms with Crippen LogP contribution in [-0.4, -0.2) is 36.1 Å². The Morgan fingerprint density at radius 3 is 2.79 bits per heavy atom. The van der Waals surface area contributed by atoms with Crippen LogP contribution in [0.5, 0.6) is 0 Å². The number of pyridine rings is 1. The first kappa shape index (κ1) is 9.46. The molecule has 0 aromatic carbocycles. The second kappa shape index (κ2) is 4.42. The quantitative estimate of drug-likeness (QED) is 0.769. The zero-order chi connectivity index (χ0) is 9.80. The number of likely N-dealkylation sites (tertiary alicyclic amines) is 1. The van der Waals surface area contributed by atoms with E-state index in [1.807, 2.05) is 24.4 Å². The second-order valence-electron chi connectivity index (χ2n) is 3.94. The van der Waals surface area contributed by atoms with Crippen LogP contribution >= 0.6 is 0 Å². The van der Waals surface area contributed by atoms with Crippen molar-refractivity contribution in [2.24, 2.45) is 0 Å². The van der Waals surface area contributed by atoms with E-state index in [0.29, 0.717) is 6.04 Å².